The molecule has 4 heterocycles. The maximum Gasteiger partial charge on any atom is 0.279 e. The molecule has 0 amide bonds. The highest BCUT2D eigenvalue weighted by Gasteiger charge is 2.50. The molecule has 8 nitrogen and oxygen atoms in total. The second-order valence-electron chi connectivity index (χ2n) is 13.8. The number of aromatic amines is 1. The number of nitrogens with zero attached hydrogens (tertiary/aromatic N) is 2. The minimum Gasteiger partial charge on any atom is -0.346 e. The number of aromatic nitrogens is 1. The third kappa shape index (κ3) is 5.99. The number of hydrogen-bond acceptors (Lipinski definition) is 6. The molecule has 0 radical (unpaired) electrons. The quantitative estimate of drug-likeness (QED) is 0.302. The number of piperidine rings is 2. The highest BCUT2D eigenvalue weighted by Crippen LogP contribution is 2.45. The molecule has 1 aliphatic carbocycles. The van der Waals surface area contributed by atoms with Gasteiger partial charge in [-0.05, 0) is 115 Å². The molecule has 3 aliphatic rings. The van der Waals surface area contributed by atoms with Crippen molar-refractivity contribution in [1.82, 2.24) is 24.2 Å². The largest absolute Gasteiger partial charge is 0.346 e. The van der Waals surface area contributed by atoms with Gasteiger partial charge in [-0.2, -0.15) is 17.4 Å². The molecule has 3 atom stereocenters. The number of carbonyl (C=O) groups excluding carboxylic acids is 1. The molecular formula is C33H47N5O3S2. The molecule has 43 heavy (non-hydrogen) atoms. The second-order valence-corrected chi connectivity index (χ2v) is 16.8. The highest BCUT2D eigenvalue weighted by molar-refractivity contribution is 7.87. The molecule has 3 fully saturated rings. The zero-order valence-corrected chi connectivity index (χ0v) is 28.1. The summed E-state index contributed by atoms with van der Waals surface area (Å²) in [7, 11) is -0.300. The van der Waals surface area contributed by atoms with Crippen LogP contribution in [-0.2, 0) is 26.8 Å². The van der Waals surface area contributed by atoms with Gasteiger partial charge < -0.3 is 15.2 Å². The maximum atomic E-state index is 14.0. The summed E-state index contributed by atoms with van der Waals surface area (Å²) in [4.78, 5) is 22.5. The summed E-state index contributed by atoms with van der Waals surface area (Å²) in [5, 5.41) is 4.81. The molecule has 3 N–H and O–H groups in total. The summed E-state index contributed by atoms with van der Waals surface area (Å²) in [6.07, 6.45) is 4.77. The van der Waals surface area contributed by atoms with E-state index in [0.717, 1.165) is 68.0 Å². The van der Waals surface area contributed by atoms with Gasteiger partial charge in [0, 0.05) is 48.9 Å². The number of thiophene rings is 1. The topological polar surface area (TPSA) is 97.5 Å². The van der Waals surface area contributed by atoms with Gasteiger partial charge >= 0.3 is 0 Å². The van der Waals surface area contributed by atoms with E-state index in [0.29, 0.717) is 17.7 Å². The van der Waals surface area contributed by atoms with E-state index >= 15 is 0 Å². The molecule has 2 aliphatic heterocycles. The molecule has 2 bridgehead atoms. The zero-order chi connectivity index (χ0) is 30.7. The number of aryl methyl sites for hydroxylation is 2. The lowest BCUT2D eigenvalue weighted by molar-refractivity contribution is -0.128. The number of fused-ring (bicyclic) bond motifs is 3. The third-order valence-electron chi connectivity index (χ3n) is 10.1. The van der Waals surface area contributed by atoms with E-state index in [9.17, 15) is 13.2 Å². The molecular weight excluding hydrogens is 579 g/mol. The summed E-state index contributed by atoms with van der Waals surface area (Å²) in [5.74, 6) is 0.999. The first-order chi connectivity index (χ1) is 20.3. The van der Waals surface area contributed by atoms with Crippen molar-refractivity contribution in [3.63, 3.8) is 0 Å². The fraction of sp³-hybridized carbons (Fsp3) is 0.606. The van der Waals surface area contributed by atoms with Crippen molar-refractivity contribution in [2.24, 2.45) is 11.8 Å². The van der Waals surface area contributed by atoms with E-state index < -0.39 is 15.6 Å². The smallest absolute Gasteiger partial charge is 0.279 e. The van der Waals surface area contributed by atoms with Crippen LogP contribution in [0.4, 0.5) is 0 Å². The Hall–Kier alpha value is -2.08. The van der Waals surface area contributed by atoms with Gasteiger partial charge in [0.15, 0.2) is 0 Å². The number of H-pyrrole nitrogens is 1. The average Bonchev–Trinajstić information content (AvgIpc) is 3.72. The van der Waals surface area contributed by atoms with Crippen molar-refractivity contribution < 1.29 is 13.2 Å². The van der Waals surface area contributed by atoms with Crippen LogP contribution in [0.25, 0.3) is 21.5 Å². The van der Waals surface area contributed by atoms with Crippen molar-refractivity contribution in [3.05, 3.63) is 45.8 Å². The van der Waals surface area contributed by atoms with Gasteiger partial charge in [-0.15, -0.1) is 11.3 Å². The Balaban J connectivity index is 1.25. The number of rotatable bonds is 10. The third-order valence-corrected chi connectivity index (χ3v) is 13.1. The van der Waals surface area contributed by atoms with Crippen LogP contribution in [0.15, 0.2) is 24.3 Å². The lowest BCUT2D eigenvalue weighted by Gasteiger charge is -2.32. The summed E-state index contributed by atoms with van der Waals surface area (Å²) >= 11 is 1.74. The number of carbonyl (C=O) groups is 1. The summed E-state index contributed by atoms with van der Waals surface area (Å²) in [6.45, 7) is 12.1. The highest BCUT2D eigenvalue weighted by atomic mass is 32.2. The fourth-order valence-corrected chi connectivity index (χ4v) is 9.67. The van der Waals surface area contributed by atoms with Gasteiger partial charge in [-0.1, -0.05) is 17.2 Å². The molecule has 3 aromatic rings. The van der Waals surface area contributed by atoms with Crippen LogP contribution in [0.1, 0.15) is 61.1 Å². The van der Waals surface area contributed by atoms with E-state index in [-0.39, 0.29) is 12.0 Å². The molecule has 2 aromatic heterocycles. The molecule has 0 spiro atoms. The van der Waals surface area contributed by atoms with Crippen LogP contribution in [-0.4, -0.2) is 80.7 Å². The van der Waals surface area contributed by atoms with Gasteiger partial charge in [-0.3, -0.25) is 4.79 Å². The normalized spacial score (nSPS) is 23.7. The monoisotopic (exact) mass is 625 g/mol. The van der Waals surface area contributed by atoms with E-state index in [2.05, 4.69) is 71.9 Å². The molecule has 2 saturated heterocycles. The van der Waals surface area contributed by atoms with Crippen LogP contribution < -0.4 is 10.0 Å². The van der Waals surface area contributed by atoms with Crippen molar-refractivity contribution in [3.8, 4) is 11.3 Å². The van der Waals surface area contributed by atoms with E-state index in [1.165, 1.54) is 37.6 Å². The predicted molar refractivity (Wildman–Crippen MR) is 176 cm³/mol. The van der Waals surface area contributed by atoms with Crippen LogP contribution in [0.3, 0.4) is 0 Å². The number of nitrogens with one attached hydrogen (secondary N) is 3. The van der Waals surface area contributed by atoms with Crippen LogP contribution >= 0.6 is 11.3 Å². The summed E-state index contributed by atoms with van der Waals surface area (Å²) < 4.78 is 28.7. The Bertz CT molecular complexity index is 1570. The summed E-state index contributed by atoms with van der Waals surface area (Å²) in [6, 6.07) is 9.33. The Morgan fingerprint density at radius 1 is 1.07 bits per heavy atom. The average molecular weight is 626 g/mol. The standard InChI is InChI=1S/C33H47N5O3S2/c1-20-15-21(2)17-23(16-20)30-25(11-14-38-12-9-24(10-13-38)36-43(40,41)37(5)6)26-18-28(42-32(26)35-30)33(3,4)31(39)29-22-7-8-27(29)34-19-22/h15-18,22,24,27,29,34-36H,7-14,19H2,1-6H3. The van der Waals surface area contributed by atoms with Gasteiger partial charge in [0.05, 0.1) is 11.1 Å². The van der Waals surface area contributed by atoms with Crippen molar-refractivity contribution in [1.29, 1.82) is 0 Å². The van der Waals surface area contributed by atoms with Crippen LogP contribution in [0, 0.1) is 25.7 Å². The molecule has 3 unspecified atom stereocenters. The van der Waals surface area contributed by atoms with Gasteiger partial charge in [0.1, 0.15) is 10.6 Å². The lowest BCUT2D eigenvalue weighted by atomic mass is 9.76. The number of hydrogen-bond donors (Lipinski definition) is 3. The van der Waals surface area contributed by atoms with Crippen molar-refractivity contribution >= 4 is 37.5 Å². The minimum atomic E-state index is -3.42. The number of Topliss-reactive ketones (excluding diaryl/α,β-unsaturated/α-hetero) is 1. The van der Waals surface area contributed by atoms with Crippen LogP contribution in [0.5, 0.6) is 0 Å². The first-order valence-electron chi connectivity index (χ1n) is 15.8. The van der Waals surface area contributed by atoms with E-state index in [1.54, 1.807) is 25.4 Å². The maximum absolute atomic E-state index is 14.0. The van der Waals surface area contributed by atoms with Crippen LogP contribution in [0.2, 0.25) is 0 Å². The second kappa shape index (κ2) is 11.7. The van der Waals surface area contributed by atoms with Crippen molar-refractivity contribution in [2.45, 2.75) is 77.3 Å². The lowest BCUT2D eigenvalue weighted by Crippen LogP contribution is -2.48. The molecule has 6 rings (SSSR count). The van der Waals surface area contributed by atoms with Gasteiger partial charge in [0.25, 0.3) is 10.2 Å². The van der Waals surface area contributed by atoms with Gasteiger partial charge in [0.2, 0.25) is 0 Å². The fourth-order valence-electron chi connectivity index (χ4n) is 7.60. The van der Waals surface area contributed by atoms with E-state index in [4.69, 9.17) is 0 Å². The Morgan fingerprint density at radius 3 is 2.35 bits per heavy atom. The number of benzene rings is 1. The predicted octanol–water partition coefficient (Wildman–Crippen LogP) is 4.76. The first kappa shape index (κ1) is 30.9. The summed E-state index contributed by atoms with van der Waals surface area (Å²) in [5.41, 5.74) is 5.65. The molecule has 234 valence electrons. The van der Waals surface area contributed by atoms with Gasteiger partial charge in [-0.25, -0.2) is 0 Å². The number of ketones is 1. The minimum absolute atomic E-state index is 0.0297. The molecule has 1 aromatic carbocycles. The Morgan fingerprint density at radius 2 is 1.77 bits per heavy atom. The SMILES string of the molecule is Cc1cc(C)cc(-c2[nH]c3sc(C(C)(C)C(=O)C4C5CCC4NC5)cc3c2CCN2CCC(NS(=O)(=O)N(C)C)CC2)c1. The molecule has 1 saturated carbocycles. The van der Waals surface area contributed by atoms with Crippen molar-refractivity contribution in [2.75, 3.05) is 40.3 Å². The Labute approximate surface area is 260 Å². The first-order valence-corrected chi connectivity index (χ1v) is 18.0. The molecule has 10 heteroatoms. The zero-order valence-electron chi connectivity index (χ0n) is 26.4. The number of likely N-dealkylation sites (tertiary alicyclic amines) is 1. The van der Waals surface area contributed by atoms with E-state index in [1.807, 2.05) is 0 Å². The Kier molecular flexibility index (Phi) is 8.41.